The maximum absolute atomic E-state index is 5.60. The molecule has 14 heavy (non-hydrogen) atoms. The van der Waals surface area contributed by atoms with Crippen LogP contribution in [0.4, 0.5) is 0 Å². The van der Waals surface area contributed by atoms with Crippen molar-refractivity contribution in [3.63, 3.8) is 0 Å². The molecule has 1 aromatic rings. The highest BCUT2D eigenvalue weighted by Gasteiger charge is 2.24. The quantitative estimate of drug-likeness (QED) is 0.680. The number of likely N-dealkylation sites (N-methyl/N-ethyl adjacent to an activating group) is 1. The van der Waals surface area contributed by atoms with Crippen molar-refractivity contribution in [3.8, 4) is 0 Å². The Bertz CT molecular complexity index is 289. The Kier molecular flexibility index (Phi) is 2.82. The van der Waals surface area contributed by atoms with E-state index in [9.17, 15) is 0 Å². The second kappa shape index (κ2) is 4.09. The highest BCUT2D eigenvalue weighted by molar-refractivity contribution is 5.16. The summed E-state index contributed by atoms with van der Waals surface area (Å²) in [6.45, 7) is 2.78. The monoisotopic (exact) mass is 193 g/mol. The highest BCUT2D eigenvalue weighted by atomic mass is 16.8. The average Bonchev–Trinajstić information content (AvgIpc) is 2.23. The van der Waals surface area contributed by atoms with Crippen LogP contribution in [0.5, 0.6) is 0 Å². The predicted molar refractivity (Wildman–Crippen MR) is 53.4 cm³/mol. The molecule has 0 aromatic heterocycles. The third kappa shape index (κ3) is 1.95. The maximum Gasteiger partial charge on any atom is 0.203 e. The van der Waals surface area contributed by atoms with E-state index in [-0.39, 0.29) is 6.29 Å². The van der Waals surface area contributed by atoms with Crippen molar-refractivity contribution in [2.24, 2.45) is 0 Å². The second-order valence-corrected chi connectivity index (χ2v) is 3.58. The van der Waals surface area contributed by atoms with Gasteiger partial charge in [-0.25, -0.2) is 0 Å². The van der Waals surface area contributed by atoms with Crippen LogP contribution in [0.2, 0.25) is 0 Å². The normalized spacial score (nSPS) is 29.0. The van der Waals surface area contributed by atoms with E-state index in [1.807, 2.05) is 42.4 Å². The Morgan fingerprint density at radius 2 is 2.00 bits per heavy atom. The van der Waals surface area contributed by atoms with Crippen LogP contribution < -0.4 is 0 Å². The van der Waals surface area contributed by atoms with E-state index in [2.05, 4.69) is 6.92 Å². The number of nitrogens with zero attached hydrogens (tertiary/aromatic N) is 1. The molecule has 2 rings (SSSR count). The van der Waals surface area contributed by atoms with Crippen LogP contribution in [0.3, 0.4) is 0 Å². The lowest BCUT2D eigenvalue weighted by molar-refractivity contribution is -0.334. The molecular weight excluding hydrogens is 178 g/mol. The van der Waals surface area contributed by atoms with E-state index in [0.717, 1.165) is 5.56 Å². The number of ether oxygens (including phenoxy) is 1. The van der Waals surface area contributed by atoms with E-state index >= 15 is 0 Å². The van der Waals surface area contributed by atoms with Gasteiger partial charge in [0.15, 0.2) is 0 Å². The van der Waals surface area contributed by atoms with Gasteiger partial charge < -0.3 is 4.74 Å². The van der Waals surface area contributed by atoms with E-state index in [1.165, 1.54) is 0 Å². The topological polar surface area (TPSA) is 21.7 Å². The summed E-state index contributed by atoms with van der Waals surface area (Å²) in [5.41, 5.74) is 1.06. The molecule has 0 radical (unpaired) electrons. The van der Waals surface area contributed by atoms with Crippen molar-refractivity contribution in [1.82, 2.24) is 5.06 Å². The molecule has 3 heteroatoms. The molecule has 0 spiro atoms. The lowest BCUT2D eigenvalue weighted by Gasteiger charge is -2.34. The minimum Gasteiger partial charge on any atom is -0.345 e. The zero-order valence-electron chi connectivity index (χ0n) is 8.51. The summed E-state index contributed by atoms with van der Waals surface area (Å²) in [6, 6.07) is 10.3. The fourth-order valence-corrected chi connectivity index (χ4v) is 1.38. The van der Waals surface area contributed by atoms with Crippen LogP contribution in [-0.2, 0) is 9.57 Å². The second-order valence-electron chi connectivity index (χ2n) is 3.58. The number of hydrogen-bond acceptors (Lipinski definition) is 3. The third-order valence-electron chi connectivity index (χ3n) is 2.44. The molecule has 2 atom stereocenters. The van der Waals surface area contributed by atoms with Crippen LogP contribution in [0.1, 0.15) is 18.8 Å². The molecule has 1 aliphatic heterocycles. The number of hydrogen-bond donors (Lipinski definition) is 0. The van der Waals surface area contributed by atoms with Crippen LogP contribution >= 0.6 is 0 Å². The molecular formula is C11H15NO2. The third-order valence-corrected chi connectivity index (χ3v) is 2.44. The van der Waals surface area contributed by atoms with Gasteiger partial charge in [0.1, 0.15) is 0 Å². The molecule has 1 fully saturated rings. The molecule has 0 amide bonds. The van der Waals surface area contributed by atoms with Gasteiger partial charge in [0.2, 0.25) is 6.29 Å². The minimum atomic E-state index is -0.252. The van der Waals surface area contributed by atoms with E-state index in [1.54, 1.807) is 0 Å². The molecule has 0 N–H and O–H groups in total. The minimum absolute atomic E-state index is 0.252. The summed E-state index contributed by atoms with van der Waals surface area (Å²) in [4.78, 5) is 5.60. The van der Waals surface area contributed by atoms with E-state index < -0.39 is 0 Å². The van der Waals surface area contributed by atoms with Crippen LogP contribution in [0, 0.1) is 0 Å². The summed E-state index contributed by atoms with van der Waals surface area (Å²) >= 11 is 0. The Morgan fingerprint density at radius 3 is 2.64 bits per heavy atom. The predicted octanol–water partition coefficient (Wildman–Crippen LogP) is 1.97. The molecule has 0 aliphatic carbocycles. The van der Waals surface area contributed by atoms with E-state index in [0.29, 0.717) is 12.6 Å². The van der Waals surface area contributed by atoms with Gasteiger partial charge in [0.25, 0.3) is 0 Å². The van der Waals surface area contributed by atoms with Gasteiger partial charge in [-0.3, -0.25) is 4.84 Å². The smallest absolute Gasteiger partial charge is 0.203 e. The van der Waals surface area contributed by atoms with Crippen molar-refractivity contribution in [1.29, 1.82) is 0 Å². The average molecular weight is 193 g/mol. The van der Waals surface area contributed by atoms with Crippen molar-refractivity contribution in [3.05, 3.63) is 35.9 Å². The van der Waals surface area contributed by atoms with Gasteiger partial charge in [0.05, 0.1) is 12.6 Å². The first-order chi connectivity index (χ1) is 6.77. The lowest BCUT2D eigenvalue weighted by atomic mass is 10.2. The molecule has 76 valence electrons. The van der Waals surface area contributed by atoms with Crippen molar-refractivity contribution in [2.45, 2.75) is 19.3 Å². The first-order valence-corrected chi connectivity index (χ1v) is 4.83. The molecule has 0 bridgehead atoms. The molecule has 1 aromatic carbocycles. The zero-order chi connectivity index (χ0) is 9.97. The van der Waals surface area contributed by atoms with Gasteiger partial charge in [-0.2, -0.15) is 5.06 Å². The maximum atomic E-state index is 5.60. The van der Waals surface area contributed by atoms with Crippen LogP contribution in [0.15, 0.2) is 30.3 Å². The van der Waals surface area contributed by atoms with Crippen LogP contribution in [0.25, 0.3) is 0 Å². The van der Waals surface area contributed by atoms with Gasteiger partial charge >= 0.3 is 0 Å². The molecule has 0 saturated carbocycles. The summed E-state index contributed by atoms with van der Waals surface area (Å²) in [7, 11) is 1.93. The van der Waals surface area contributed by atoms with Gasteiger partial charge in [-0.1, -0.05) is 30.3 Å². The van der Waals surface area contributed by atoms with Crippen molar-refractivity contribution in [2.75, 3.05) is 13.7 Å². The standard InChI is InChI=1S/C11H15NO2/c1-9-8-13-11(14-12(9)2)10-6-4-3-5-7-10/h3-7,9,11H,8H2,1-2H3/t9-,11+/m1/s1. The Labute approximate surface area is 84.2 Å². The zero-order valence-corrected chi connectivity index (χ0v) is 8.51. The highest BCUT2D eigenvalue weighted by Crippen LogP contribution is 2.24. The Morgan fingerprint density at radius 1 is 1.29 bits per heavy atom. The van der Waals surface area contributed by atoms with Crippen molar-refractivity contribution < 1.29 is 9.57 Å². The fourth-order valence-electron chi connectivity index (χ4n) is 1.38. The SMILES string of the molecule is C[C@@H]1CO[C@H](c2ccccc2)ON1C. The van der Waals surface area contributed by atoms with Gasteiger partial charge in [0, 0.05) is 12.6 Å². The summed E-state index contributed by atoms with van der Waals surface area (Å²) in [6.07, 6.45) is -0.252. The fraction of sp³-hybridized carbons (Fsp3) is 0.455. The number of benzene rings is 1. The molecule has 1 heterocycles. The number of hydroxylamine groups is 2. The largest absolute Gasteiger partial charge is 0.345 e. The van der Waals surface area contributed by atoms with Gasteiger partial charge in [-0.05, 0) is 6.92 Å². The molecule has 1 saturated heterocycles. The van der Waals surface area contributed by atoms with Gasteiger partial charge in [-0.15, -0.1) is 0 Å². The van der Waals surface area contributed by atoms with Crippen LogP contribution in [-0.4, -0.2) is 24.8 Å². The van der Waals surface area contributed by atoms with E-state index in [4.69, 9.17) is 9.57 Å². The number of rotatable bonds is 1. The molecule has 3 nitrogen and oxygen atoms in total. The Balaban J connectivity index is 2.07. The van der Waals surface area contributed by atoms with Crippen molar-refractivity contribution >= 4 is 0 Å². The molecule has 1 aliphatic rings. The molecule has 0 unspecified atom stereocenters. The summed E-state index contributed by atoms with van der Waals surface area (Å²) in [5.74, 6) is 0. The Hall–Kier alpha value is -0.900. The summed E-state index contributed by atoms with van der Waals surface area (Å²) in [5, 5.41) is 1.85. The lowest BCUT2D eigenvalue weighted by Crippen LogP contribution is -2.40. The first kappa shape index (κ1) is 9.65. The first-order valence-electron chi connectivity index (χ1n) is 4.83. The summed E-state index contributed by atoms with van der Waals surface area (Å²) < 4.78 is 5.58.